The smallest absolute Gasteiger partial charge is 0.430 e. The van der Waals surface area contributed by atoms with E-state index in [-0.39, 0.29) is 32.1 Å². The molecule has 0 aliphatic rings. The lowest BCUT2D eigenvalue weighted by Crippen LogP contribution is -2.21. The first kappa shape index (κ1) is 17.7. The Bertz CT molecular complexity index is 487. The molecule has 0 saturated carbocycles. The molecular formula is C16H21NO5. The molecule has 0 unspecified atom stereocenters. The molecule has 120 valence electrons. The predicted octanol–water partition coefficient (Wildman–Crippen LogP) is 2.08. The summed E-state index contributed by atoms with van der Waals surface area (Å²) < 4.78 is 9.78. The number of hydrogen-bond acceptors (Lipinski definition) is 5. The van der Waals surface area contributed by atoms with Gasteiger partial charge in [-0.15, -0.1) is 0 Å². The number of aliphatic hydroxyl groups is 1. The summed E-state index contributed by atoms with van der Waals surface area (Å²) in [5, 5.41) is 8.64. The molecule has 0 aromatic heterocycles. The van der Waals surface area contributed by atoms with Gasteiger partial charge in [-0.3, -0.25) is 4.79 Å². The summed E-state index contributed by atoms with van der Waals surface area (Å²) in [5.74, 6) is -0.114. The molecular weight excluding hydrogens is 286 g/mol. The highest BCUT2D eigenvalue weighted by molar-refractivity contribution is 5.76. The minimum Gasteiger partial charge on any atom is -0.430 e. The fourth-order valence-corrected chi connectivity index (χ4v) is 1.57. The van der Waals surface area contributed by atoms with Crippen molar-refractivity contribution in [2.24, 2.45) is 0 Å². The number of hydrogen-bond donors (Lipinski definition) is 1. The Morgan fingerprint density at radius 1 is 1.23 bits per heavy atom. The van der Waals surface area contributed by atoms with Crippen molar-refractivity contribution in [2.45, 2.75) is 19.4 Å². The van der Waals surface area contributed by atoms with Crippen LogP contribution in [-0.4, -0.2) is 42.3 Å². The third kappa shape index (κ3) is 7.44. The van der Waals surface area contributed by atoms with Crippen LogP contribution >= 0.6 is 0 Å². The van der Waals surface area contributed by atoms with E-state index in [2.05, 4.69) is 0 Å². The summed E-state index contributed by atoms with van der Waals surface area (Å²) in [7, 11) is 1.60. The van der Waals surface area contributed by atoms with Crippen LogP contribution < -0.4 is 0 Å². The van der Waals surface area contributed by atoms with Crippen LogP contribution in [0.2, 0.25) is 0 Å². The molecule has 6 heteroatoms. The lowest BCUT2D eigenvalue weighted by atomic mass is 10.2. The van der Waals surface area contributed by atoms with E-state index in [1.165, 1.54) is 11.1 Å². The van der Waals surface area contributed by atoms with E-state index in [0.717, 1.165) is 5.56 Å². The van der Waals surface area contributed by atoms with Crippen LogP contribution in [0, 0.1) is 0 Å². The van der Waals surface area contributed by atoms with Gasteiger partial charge in [0.05, 0.1) is 0 Å². The lowest BCUT2D eigenvalue weighted by Gasteiger charge is -2.11. The fourth-order valence-electron chi connectivity index (χ4n) is 1.57. The molecule has 0 atom stereocenters. The monoisotopic (exact) mass is 307 g/mol. The van der Waals surface area contributed by atoms with Gasteiger partial charge >= 0.3 is 6.16 Å². The molecule has 1 rings (SSSR count). The topological polar surface area (TPSA) is 76.1 Å². The van der Waals surface area contributed by atoms with Gasteiger partial charge in [0, 0.05) is 26.3 Å². The summed E-state index contributed by atoms with van der Waals surface area (Å²) in [6, 6.07) is 9.29. The second kappa shape index (κ2) is 10.4. The predicted molar refractivity (Wildman–Crippen MR) is 80.8 cm³/mol. The molecule has 1 aromatic carbocycles. The van der Waals surface area contributed by atoms with Crippen LogP contribution in [0.5, 0.6) is 0 Å². The van der Waals surface area contributed by atoms with Gasteiger partial charge in [-0.2, -0.15) is 0 Å². The van der Waals surface area contributed by atoms with E-state index in [1.807, 2.05) is 30.3 Å². The van der Waals surface area contributed by atoms with E-state index in [0.29, 0.717) is 6.42 Å². The Morgan fingerprint density at radius 3 is 2.64 bits per heavy atom. The maximum absolute atomic E-state index is 11.5. The molecule has 0 bridgehead atoms. The number of carbonyl (C=O) groups excluding carboxylic acids is 2. The van der Waals surface area contributed by atoms with Crippen molar-refractivity contribution in [3.05, 3.63) is 48.2 Å². The van der Waals surface area contributed by atoms with Crippen LogP contribution in [0.15, 0.2) is 42.6 Å². The van der Waals surface area contributed by atoms with Crippen LogP contribution in [-0.2, 0) is 20.9 Å². The second-order valence-electron chi connectivity index (χ2n) is 4.55. The molecule has 0 aliphatic carbocycles. The molecule has 6 nitrogen and oxygen atoms in total. The Labute approximate surface area is 129 Å². The number of aliphatic hydroxyl groups excluding tert-OH is 1. The van der Waals surface area contributed by atoms with Crippen LogP contribution in [0.25, 0.3) is 0 Å². The molecule has 0 radical (unpaired) electrons. The molecule has 0 spiro atoms. The van der Waals surface area contributed by atoms with Crippen LogP contribution in [0.3, 0.4) is 0 Å². The zero-order valence-corrected chi connectivity index (χ0v) is 12.6. The number of amides is 1. The normalized spacial score (nSPS) is 10.5. The average Bonchev–Trinajstić information content (AvgIpc) is 2.55. The first-order chi connectivity index (χ1) is 10.6. The number of carbonyl (C=O) groups is 2. The summed E-state index contributed by atoms with van der Waals surface area (Å²) in [6.07, 6.45) is 3.00. The molecule has 0 aliphatic heterocycles. The highest BCUT2D eigenvalue weighted by Crippen LogP contribution is 2.01. The minimum atomic E-state index is -0.761. The van der Waals surface area contributed by atoms with Crippen molar-refractivity contribution >= 4 is 12.1 Å². The maximum Gasteiger partial charge on any atom is 0.508 e. The van der Waals surface area contributed by atoms with E-state index < -0.39 is 6.16 Å². The molecule has 22 heavy (non-hydrogen) atoms. The van der Waals surface area contributed by atoms with Crippen molar-refractivity contribution in [1.82, 2.24) is 4.90 Å². The fraction of sp³-hybridized carbons (Fsp3) is 0.375. The Hall–Kier alpha value is -2.34. The Morgan fingerprint density at radius 2 is 1.95 bits per heavy atom. The van der Waals surface area contributed by atoms with E-state index in [9.17, 15) is 9.59 Å². The highest BCUT2D eigenvalue weighted by Gasteiger charge is 2.05. The van der Waals surface area contributed by atoms with Gasteiger partial charge in [-0.1, -0.05) is 30.3 Å². The summed E-state index contributed by atoms with van der Waals surface area (Å²) in [6.45, 7) is 0.161. The highest BCUT2D eigenvalue weighted by atomic mass is 16.7. The molecule has 1 amide bonds. The van der Waals surface area contributed by atoms with Gasteiger partial charge in [-0.05, 0) is 18.1 Å². The quantitative estimate of drug-likeness (QED) is 0.744. The van der Waals surface area contributed by atoms with E-state index in [1.54, 1.807) is 13.1 Å². The van der Waals surface area contributed by atoms with Gasteiger partial charge in [0.25, 0.3) is 0 Å². The zero-order valence-electron chi connectivity index (χ0n) is 12.6. The molecule has 0 heterocycles. The van der Waals surface area contributed by atoms with Crippen molar-refractivity contribution < 1.29 is 24.2 Å². The van der Waals surface area contributed by atoms with Gasteiger partial charge < -0.3 is 19.5 Å². The largest absolute Gasteiger partial charge is 0.508 e. The summed E-state index contributed by atoms with van der Waals surface area (Å²) in [4.78, 5) is 24.3. The SMILES string of the molecule is CN(/C=C/COC(=O)OCc1ccccc1)C(=O)CCCO. The van der Waals surface area contributed by atoms with Crippen molar-refractivity contribution in [3.8, 4) is 0 Å². The number of benzene rings is 1. The van der Waals surface area contributed by atoms with Gasteiger partial charge in [-0.25, -0.2) is 4.79 Å². The number of nitrogens with zero attached hydrogens (tertiary/aromatic N) is 1. The maximum atomic E-state index is 11.5. The Balaban J connectivity index is 2.18. The first-order valence-electron chi connectivity index (χ1n) is 7.00. The standard InChI is InChI=1S/C16H21NO5/c1-17(15(19)9-5-11-18)10-6-12-21-16(20)22-13-14-7-3-2-4-8-14/h2-4,6-8,10,18H,5,9,11-13H2,1H3/b10-6+. The van der Waals surface area contributed by atoms with Gasteiger partial charge in [0.2, 0.25) is 5.91 Å². The average molecular weight is 307 g/mol. The van der Waals surface area contributed by atoms with Crippen molar-refractivity contribution in [1.29, 1.82) is 0 Å². The summed E-state index contributed by atoms with van der Waals surface area (Å²) >= 11 is 0. The van der Waals surface area contributed by atoms with Crippen LogP contribution in [0.1, 0.15) is 18.4 Å². The van der Waals surface area contributed by atoms with E-state index >= 15 is 0 Å². The first-order valence-corrected chi connectivity index (χ1v) is 7.00. The zero-order chi connectivity index (χ0) is 16.2. The second-order valence-corrected chi connectivity index (χ2v) is 4.55. The summed E-state index contributed by atoms with van der Waals surface area (Å²) in [5.41, 5.74) is 0.879. The molecule has 1 N–H and O–H groups in total. The third-order valence-electron chi connectivity index (χ3n) is 2.77. The third-order valence-corrected chi connectivity index (χ3v) is 2.77. The number of ether oxygens (including phenoxy) is 2. The lowest BCUT2D eigenvalue weighted by molar-refractivity contribution is -0.127. The van der Waals surface area contributed by atoms with E-state index in [4.69, 9.17) is 14.6 Å². The van der Waals surface area contributed by atoms with Gasteiger partial charge in [0.1, 0.15) is 13.2 Å². The minimum absolute atomic E-state index is 0.0142. The van der Waals surface area contributed by atoms with Crippen molar-refractivity contribution in [3.63, 3.8) is 0 Å². The van der Waals surface area contributed by atoms with Gasteiger partial charge in [0.15, 0.2) is 0 Å². The Kier molecular flexibility index (Phi) is 8.37. The number of rotatable bonds is 8. The molecule has 1 aromatic rings. The molecule has 0 saturated heterocycles. The van der Waals surface area contributed by atoms with Crippen LogP contribution in [0.4, 0.5) is 4.79 Å². The molecule has 0 fully saturated rings. The van der Waals surface area contributed by atoms with Crippen molar-refractivity contribution in [2.75, 3.05) is 20.3 Å².